The van der Waals surface area contributed by atoms with Crippen molar-refractivity contribution in [3.8, 4) is 0 Å². The van der Waals surface area contributed by atoms with Crippen LogP contribution in [0, 0.1) is 16.0 Å². The van der Waals surface area contributed by atoms with Gasteiger partial charge in [-0.3, -0.25) is 14.9 Å². The van der Waals surface area contributed by atoms with Crippen molar-refractivity contribution in [1.29, 1.82) is 0 Å². The third-order valence-electron chi connectivity index (χ3n) is 4.66. The normalized spacial score (nSPS) is 14.9. The largest absolute Gasteiger partial charge is 0.366 e. The number of amides is 1. The van der Waals surface area contributed by atoms with Gasteiger partial charge in [0.2, 0.25) is 0 Å². The van der Waals surface area contributed by atoms with Crippen LogP contribution in [0.1, 0.15) is 30.1 Å². The van der Waals surface area contributed by atoms with Gasteiger partial charge in [-0.25, -0.2) is 0 Å². The highest BCUT2D eigenvalue weighted by atomic mass is 35.5. The molecular formula is C19H20ClN3O3. The molecule has 3 rings (SSSR count). The Balaban J connectivity index is 1.82. The van der Waals surface area contributed by atoms with Crippen LogP contribution in [0.5, 0.6) is 0 Å². The van der Waals surface area contributed by atoms with Crippen molar-refractivity contribution in [1.82, 2.24) is 0 Å². The number of nitrogens with zero attached hydrogens (tertiary/aromatic N) is 2. The number of benzene rings is 2. The van der Waals surface area contributed by atoms with Crippen LogP contribution >= 0.6 is 11.6 Å². The Morgan fingerprint density at radius 2 is 1.85 bits per heavy atom. The van der Waals surface area contributed by atoms with E-state index in [0.29, 0.717) is 22.3 Å². The van der Waals surface area contributed by atoms with Crippen molar-refractivity contribution < 1.29 is 9.72 Å². The molecule has 0 spiro atoms. The van der Waals surface area contributed by atoms with E-state index in [4.69, 9.17) is 11.6 Å². The van der Waals surface area contributed by atoms with Gasteiger partial charge in [-0.1, -0.05) is 18.5 Å². The number of rotatable bonds is 4. The zero-order valence-corrected chi connectivity index (χ0v) is 15.2. The minimum atomic E-state index is -0.424. The molecule has 0 atom stereocenters. The van der Waals surface area contributed by atoms with Crippen molar-refractivity contribution >= 4 is 34.6 Å². The van der Waals surface area contributed by atoms with Crippen molar-refractivity contribution in [2.24, 2.45) is 5.92 Å². The van der Waals surface area contributed by atoms with Crippen molar-refractivity contribution in [2.45, 2.75) is 19.8 Å². The molecule has 1 N–H and O–H groups in total. The molecule has 7 heteroatoms. The highest BCUT2D eigenvalue weighted by Crippen LogP contribution is 2.32. The summed E-state index contributed by atoms with van der Waals surface area (Å²) in [4.78, 5) is 25.6. The summed E-state index contributed by atoms with van der Waals surface area (Å²) in [6, 6.07) is 11.3. The lowest BCUT2D eigenvalue weighted by molar-refractivity contribution is -0.384. The van der Waals surface area contributed by atoms with Crippen LogP contribution in [-0.4, -0.2) is 23.9 Å². The number of hydrogen-bond donors (Lipinski definition) is 1. The van der Waals surface area contributed by atoms with E-state index in [0.717, 1.165) is 25.9 Å². The van der Waals surface area contributed by atoms with Gasteiger partial charge in [0, 0.05) is 35.4 Å². The van der Waals surface area contributed by atoms with E-state index >= 15 is 0 Å². The Bertz CT molecular complexity index is 815. The van der Waals surface area contributed by atoms with E-state index < -0.39 is 10.8 Å². The molecule has 0 saturated carbocycles. The van der Waals surface area contributed by atoms with Crippen LogP contribution < -0.4 is 10.2 Å². The molecule has 1 fully saturated rings. The number of halogens is 1. The van der Waals surface area contributed by atoms with Gasteiger partial charge < -0.3 is 10.2 Å². The average molecular weight is 374 g/mol. The first-order valence-corrected chi connectivity index (χ1v) is 8.92. The van der Waals surface area contributed by atoms with Gasteiger partial charge >= 0.3 is 0 Å². The van der Waals surface area contributed by atoms with E-state index in [-0.39, 0.29) is 11.3 Å². The van der Waals surface area contributed by atoms with Crippen LogP contribution in [-0.2, 0) is 0 Å². The number of piperidine rings is 1. The maximum absolute atomic E-state index is 12.4. The van der Waals surface area contributed by atoms with Crippen molar-refractivity contribution in [3.63, 3.8) is 0 Å². The molecule has 0 radical (unpaired) electrons. The van der Waals surface area contributed by atoms with Crippen molar-refractivity contribution in [2.75, 3.05) is 23.3 Å². The first-order chi connectivity index (χ1) is 12.4. The molecule has 0 unspecified atom stereocenters. The second-order valence-electron chi connectivity index (χ2n) is 6.59. The Labute approximate surface area is 156 Å². The quantitative estimate of drug-likeness (QED) is 0.620. The fourth-order valence-electron chi connectivity index (χ4n) is 3.06. The van der Waals surface area contributed by atoms with Gasteiger partial charge in [0.1, 0.15) is 5.69 Å². The Kier molecular flexibility index (Phi) is 5.42. The monoisotopic (exact) mass is 373 g/mol. The lowest BCUT2D eigenvalue weighted by Gasteiger charge is -2.31. The average Bonchev–Trinajstić information content (AvgIpc) is 2.63. The van der Waals surface area contributed by atoms with Gasteiger partial charge in [-0.05, 0) is 55.2 Å². The van der Waals surface area contributed by atoms with Gasteiger partial charge in [-0.2, -0.15) is 0 Å². The van der Waals surface area contributed by atoms with Crippen LogP contribution in [0.15, 0.2) is 42.5 Å². The van der Waals surface area contributed by atoms with E-state index in [2.05, 4.69) is 12.2 Å². The molecule has 26 heavy (non-hydrogen) atoms. The summed E-state index contributed by atoms with van der Waals surface area (Å²) < 4.78 is 0. The zero-order valence-electron chi connectivity index (χ0n) is 14.4. The highest BCUT2D eigenvalue weighted by molar-refractivity contribution is 6.30. The van der Waals surface area contributed by atoms with Gasteiger partial charge in [-0.15, -0.1) is 0 Å². The maximum atomic E-state index is 12.4. The third-order valence-corrected chi connectivity index (χ3v) is 4.91. The van der Waals surface area contributed by atoms with Crippen molar-refractivity contribution in [3.05, 3.63) is 63.2 Å². The minimum absolute atomic E-state index is 0.0386. The van der Waals surface area contributed by atoms with E-state index in [9.17, 15) is 14.9 Å². The van der Waals surface area contributed by atoms with Crippen LogP contribution in [0.4, 0.5) is 17.1 Å². The first kappa shape index (κ1) is 18.2. The summed E-state index contributed by atoms with van der Waals surface area (Å²) in [7, 11) is 0. The number of nitro benzene ring substituents is 1. The van der Waals surface area contributed by atoms with E-state index in [1.807, 2.05) is 4.90 Å². The molecule has 1 amide bonds. The molecule has 136 valence electrons. The number of carbonyl (C=O) groups excluding carboxylic acids is 1. The summed E-state index contributed by atoms with van der Waals surface area (Å²) in [6.07, 6.45) is 2.02. The predicted molar refractivity (Wildman–Crippen MR) is 103 cm³/mol. The fraction of sp³-hybridized carbons (Fsp3) is 0.316. The predicted octanol–water partition coefficient (Wildman–Crippen LogP) is 4.74. The summed E-state index contributed by atoms with van der Waals surface area (Å²) in [5.41, 5.74) is 1.37. The summed E-state index contributed by atoms with van der Waals surface area (Å²) in [5.74, 6) is 0.240. The van der Waals surface area contributed by atoms with E-state index in [1.54, 1.807) is 36.4 Å². The molecule has 0 aliphatic carbocycles. The fourth-order valence-corrected chi connectivity index (χ4v) is 3.19. The van der Waals surface area contributed by atoms with Gasteiger partial charge in [0.25, 0.3) is 11.6 Å². The lowest BCUT2D eigenvalue weighted by Crippen LogP contribution is -2.33. The summed E-state index contributed by atoms with van der Waals surface area (Å²) in [5, 5.41) is 14.8. The second-order valence-corrected chi connectivity index (χ2v) is 7.03. The van der Waals surface area contributed by atoms with Gasteiger partial charge in [0.15, 0.2) is 0 Å². The Morgan fingerprint density at radius 1 is 1.19 bits per heavy atom. The zero-order chi connectivity index (χ0) is 18.7. The number of nitro groups is 1. The molecule has 0 bridgehead atoms. The molecule has 1 aliphatic rings. The Hall–Kier alpha value is -2.60. The molecule has 1 aliphatic heterocycles. The molecule has 2 aromatic rings. The second kappa shape index (κ2) is 7.74. The smallest absolute Gasteiger partial charge is 0.293 e. The molecule has 1 saturated heterocycles. The molecule has 0 aromatic heterocycles. The van der Waals surface area contributed by atoms with Crippen LogP contribution in [0.3, 0.4) is 0 Å². The minimum Gasteiger partial charge on any atom is -0.366 e. The van der Waals surface area contributed by atoms with Crippen LogP contribution in [0.2, 0.25) is 5.02 Å². The molecule has 2 aromatic carbocycles. The summed E-state index contributed by atoms with van der Waals surface area (Å²) in [6.45, 7) is 3.77. The van der Waals surface area contributed by atoms with E-state index in [1.165, 1.54) is 6.07 Å². The SMILES string of the molecule is CC1CCN(c2ccc(C(=O)Nc3ccc(Cl)cc3)cc2[N+](=O)[O-])CC1. The molecule has 6 nitrogen and oxygen atoms in total. The number of hydrogen-bond acceptors (Lipinski definition) is 4. The number of anilines is 2. The number of nitrogens with one attached hydrogen (secondary N) is 1. The lowest BCUT2D eigenvalue weighted by atomic mass is 9.98. The van der Waals surface area contributed by atoms with Gasteiger partial charge in [0.05, 0.1) is 4.92 Å². The third kappa shape index (κ3) is 4.14. The topological polar surface area (TPSA) is 75.5 Å². The highest BCUT2D eigenvalue weighted by Gasteiger charge is 2.24. The number of carbonyl (C=O) groups is 1. The van der Waals surface area contributed by atoms with Crippen LogP contribution in [0.25, 0.3) is 0 Å². The first-order valence-electron chi connectivity index (χ1n) is 8.54. The standard InChI is InChI=1S/C19H20ClN3O3/c1-13-8-10-22(11-9-13)17-7-2-14(12-18(17)23(25)26)19(24)21-16-5-3-15(20)4-6-16/h2-7,12-13H,8-11H2,1H3,(H,21,24). The summed E-state index contributed by atoms with van der Waals surface area (Å²) >= 11 is 5.83. The Morgan fingerprint density at radius 3 is 2.46 bits per heavy atom. The molecule has 1 heterocycles. The molecular weight excluding hydrogens is 354 g/mol. The maximum Gasteiger partial charge on any atom is 0.293 e.